The molecule has 0 bridgehead atoms. The molecule has 2 aromatic rings. The van der Waals surface area contributed by atoms with Crippen molar-refractivity contribution in [1.82, 2.24) is 19.9 Å². The summed E-state index contributed by atoms with van der Waals surface area (Å²) < 4.78 is 29.5. The third kappa shape index (κ3) is 8.33. The Morgan fingerprint density at radius 3 is 1.09 bits per heavy atom. The number of aromatic nitrogens is 4. The van der Waals surface area contributed by atoms with E-state index in [1.807, 2.05) is 0 Å². The highest BCUT2D eigenvalue weighted by Gasteiger charge is 2.17. The van der Waals surface area contributed by atoms with E-state index >= 15 is 0 Å². The SMILES string of the molecule is COc1cc(OC)nc(O[C@H](C)C(=O)O)n1.COc1cc(OC)nc(O[C@H](C)C(=O)O)n1. The number of carboxylic acids is 2. The minimum absolute atomic E-state index is 0.105. The molecular weight excluding hydrogens is 432 g/mol. The van der Waals surface area contributed by atoms with Gasteiger partial charge in [0.15, 0.2) is 12.2 Å². The number of hydrogen-bond donors (Lipinski definition) is 2. The first kappa shape index (κ1) is 25.9. The Balaban J connectivity index is 0.000000320. The van der Waals surface area contributed by atoms with Crippen LogP contribution in [0.15, 0.2) is 12.1 Å². The van der Waals surface area contributed by atoms with Crippen LogP contribution in [0, 0.1) is 0 Å². The second-order valence-corrected chi connectivity index (χ2v) is 5.67. The molecule has 0 radical (unpaired) electrons. The maximum Gasteiger partial charge on any atom is 0.344 e. The smallest absolute Gasteiger partial charge is 0.344 e. The average Bonchev–Trinajstić information content (AvgIpc) is 2.78. The molecule has 2 heterocycles. The quantitative estimate of drug-likeness (QED) is 0.509. The van der Waals surface area contributed by atoms with E-state index in [4.69, 9.17) is 38.6 Å². The Hall–Kier alpha value is -4.10. The number of nitrogens with zero attached hydrogens (tertiary/aromatic N) is 4. The largest absolute Gasteiger partial charge is 0.481 e. The summed E-state index contributed by atoms with van der Waals surface area (Å²) >= 11 is 0. The van der Waals surface area contributed by atoms with Crippen molar-refractivity contribution in [3.63, 3.8) is 0 Å². The van der Waals surface area contributed by atoms with E-state index < -0.39 is 24.1 Å². The molecule has 0 aromatic carbocycles. The maximum atomic E-state index is 10.6. The van der Waals surface area contributed by atoms with Crippen LogP contribution in [-0.2, 0) is 9.59 Å². The molecule has 0 fully saturated rings. The van der Waals surface area contributed by atoms with Crippen LogP contribution in [-0.4, -0.2) is 82.7 Å². The van der Waals surface area contributed by atoms with Gasteiger partial charge in [0.1, 0.15) is 0 Å². The fourth-order valence-corrected chi connectivity index (χ4v) is 1.71. The fourth-order valence-electron chi connectivity index (χ4n) is 1.71. The summed E-state index contributed by atoms with van der Waals surface area (Å²) in [5.74, 6) is -1.27. The molecule has 0 unspecified atom stereocenters. The fraction of sp³-hybridized carbons (Fsp3) is 0.444. The minimum atomic E-state index is -1.11. The number of carboxylic acid groups (broad SMARTS) is 2. The highest BCUT2D eigenvalue weighted by atomic mass is 16.5. The molecular formula is C18H24N4O10. The number of ether oxygens (including phenoxy) is 6. The van der Waals surface area contributed by atoms with Crippen LogP contribution in [0.5, 0.6) is 35.5 Å². The molecule has 0 saturated heterocycles. The second-order valence-electron chi connectivity index (χ2n) is 5.67. The van der Waals surface area contributed by atoms with Gasteiger partial charge in [-0.2, -0.15) is 19.9 Å². The van der Waals surface area contributed by atoms with Crippen molar-refractivity contribution in [2.75, 3.05) is 28.4 Å². The third-order valence-corrected chi connectivity index (χ3v) is 3.41. The first-order valence-electron chi connectivity index (χ1n) is 8.86. The molecule has 2 rings (SSSR count). The summed E-state index contributed by atoms with van der Waals surface area (Å²) in [5, 5.41) is 17.3. The second kappa shape index (κ2) is 12.6. The predicted octanol–water partition coefficient (Wildman–Crippen LogP) is 0.691. The zero-order valence-corrected chi connectivity index (χ0v) is 18.3. The Kier molecular flexibility index (Phi) is 10.2. The molecule has 14 heteroatoms. The molecule has 0 amide bonds. The summed E-state index contributed by atoms with van der Waals surface area (Å²) in [6.45, 7) is 2.75. The van der Waals surface area contributed by atoms with Crippen LogP contribution < -0.4 is 28.4 Å². The van der Waals surface area contributed by atoms with Gasteiger partial charge in [-0.15, -0.1) is 0 Å². The summed E-state index contributed by atoms with van der Waals surface area (Å²) in [6, 6.07) is 2.70. The van der Waals surface area contributed by atoms with Crippen LogP contribution >= 0.6 is 0 Å². The third-order valence-electron chi connectivity index (χ3n) is 3.41. The zero-order chi connectivity index (χ0) is 24.3. The van der Waals surface area contributed by atoms with E-state index in [0.717, 1.165) is 0 Å². The van der Waals surface area contributed by atoms with Crippen LogP contribution in [0.3, 0.4) is 0 Å². The molecule has 2 aromatic heterocycles. The predicted molar refractivity (Wildman–Crippen MR) is 106 cm³/mol. The highest BCUT2D eigenvalue weighted by molar-refractivity contribution is 5.72. The molecule has 0 aliphatic heterocycles. The van der Waals surface area contributed by atoms with Gasteiger partial charge in [-0.3, -0.25) is 0 Å². The number of rotatable bonds is 10. The Morgan fingerprint density at radius 1 is 0.656 bits per heavy atom. The topological polar surface area (TPSA) is 182 Å². The van der Waals surface area contributed by atoms with Gasteiger partial charge in [0, 0.05) is 0 Å². The molecule has 14 nitrogen and oxygen atoms in total. The highest BCUT2D eigenvalue weighted by Crippen LogP contribution is 2.20. The molecule has 2 atom stereocenters. The Bertz CT molecular complexity index is 793. The van der Waals surface area contributed by atoms with Crippen molar-refractivity contribution >= 4 is 11.9 Å². The summed E-state index contributed by atoms with van der Waals surface area (Å²) in [7, 11) is 5.69. The van der Waals surface area contributed by atoms with Crippen molar-refractivity contribution in [2.24, 2.45) is 0 Å². The van der Waals surface area contributed by atoms with Crippen molar-refractivity contribution in [3.8, 4) is 35.5 Å². The normalized spacial score (nSPS) is 11.7. The van der Waals surface area contributed by atoms with E-state index in [-0.39, 0.29) is 35.5 Å². The van der Waals surface area contributed by atoms with Crippen molar-refractivity contribution in [3.05, 3.63) is 12.1 Å². The molecule has 0 aliphatic rings. The Labute approximate surface area is 183 Å². The van der Waals surface area contributed by atoms with Gasteiger partial charge in [-0.05, 0) is 13.8 Å². The van der Waals surface area contributed by atoms with E-state index in [2.05, 4.69) is 19.9 Å². The van der Waals surface area contributed by atoms with Gasteiger partial charge in [-0.1, -0.05) is 0 Å². The lowest BCUT2D eigenvalue weighted by Crippen LogP contribution is -2.24. The lowest BCUT2D eigenvalue weighted by molar-refractivity contribution is -0.145. The van der Waals surface area contributed by atoms with E-state index in [1.54, 1.807) is 0 Å². The maximum absolute atomic E-state index is 10.6. The lowest BCUT2D eigenvalue weighted by atomic mass is 10.4. The van der Waals surface area contributed by atoms with Gasteiger partial charge in [0.2, 0.25) is 23.5 Å². The van der Waals surface area contributed by atoms with Gasteiger partial charge in [-0.25, -0.2) is 9.59 Å². The van der Waals surface area contributed by atoms with Crippen LogP contribution in [0.2, 0.25) is 0 Å². The van der Waals surface area contributed by atoms with Gasteiger partial charge >= 0.3 is 24.0 Å². The van der Waals surface area contributed by atoms with E-state index in [1.165, 1.54) is 54.4 Å². The summed E-state index contributed by atoms with van der Waals surface area (Å²) in [5.41, 5.74) is 0. The van der Waals surface area contributed by atoms with Gasteiger partial charge in [0.05, 0.1) is 40.6 Å². The zero-order valence-electron chi connectivity index (χ0n) is 18.3. The van der Waals surface area contributed by atoms with Gasteiger partial charge < -0.3 is 38.6 Å². The molecule has 176 valence electrons. The lowest BCUT2D eigenvalue weighted by Gasteiger charge is -2.10. The average molecular weight is 456 g/mol. The van der Waals surface area contributed by atoms with Crippen molar-refractivity contribution in [1.29, 1.82) is 0 Å². The van der Waals surface area contributed by atoms with E-state index in [9.17, 15) is 9.59 Å². The van der Waals surface area contributed by atoms with Gasteiger partial charge in [0.25, 0.3) is 0 Å². The van der Waals surface area contributed by atoms with E-state index in [0.29, 0.717) is 0 Å². The molecule has 2 N–H and O–H groups in total. The molecule has 0 saturated carbocycles. The Morgan fingerprint density at radius 2 is 0.906 bits per heavy atom. The van der Waals surface area contributed by atoms with Crippen LogP contribution in [0.4, 0.5) is 0 Å². The first-order valence-corrected chi connectivity index (χ1v) is 8.86. The van der Waals surface area contributed by atoms with Crippen LogP contribution in [0.25, 0.3) is 0 Å². The van der Waals surface area contributed by atoms with Crippen molar-refractivity contribution < 1.29 is 48.2 Å². The van der Waals surface area contributed by atoms with Crippen molar-refractivity contribution in [2.45, 2.75) is 26.1 Å². The standard InChI is InChI=1S/2C9H12N2O5/c2*1-5(8(12)13)16-9-10-6(14-2)4-7(11-9)15-3/h2*4-5H,1-3H3,(H,12,13)/t2*5-/m11/s1. The number of hydrogen-bond acceptors (Lipinski definition) is 12. The molecule has 0 spiro atoms. The molecule has 0 aliphatic carbocycles. The first-order chi connectivity index (χ1) is 15.1. The number of carbonyl (C=O) groups is 2. The van der Waals surface area contributed by atoms with Crippen LogP contribution in [0.1, 0.15) is 13.8 Å². The summed E-state index contributed by atoms with van der Waals surface area (Å²) in [4.78, 5) is 36.4. The molecule has 32 heavy (non-hydrogen) atoms. The number of aliphatic carboxylic acids is 2. The number of methoxy groups -OCH3 is 4. The minimum Gasteiger partial charge on any atom is -0.481 e. The monoisotopic (exact) mass is 456 g/mol. The summed E-state index contributed by atoms with van der Waals surface area (Å²) in [6.07, 6.45) is -2.09.